The smallest absolute Gasteiger partial charge is 0.268 e. The highest BCUT2D eigenvalue weighted by Gasteiger charge is 2.14. The van der Waals surface area contributed by atoms with Gasteiger partial charge in [0.15, 0.2) is 0 Å². The van der Waals surface area contributed by atoms with E-state index in [0.29, 0.717) is 10.3 Å². The van der Waals surface area contributed by atoms with Crippen LogP contribution in [0.25, 0.3) is 11.8 Å². The van der Waals surface area contributed by atoms with E-state index in [4.69, 9.17) is 0 Å². The van der Waals surface area contributed by atoms with Crippen LogP contribution >= 0.6 is 23.3 Å². The van der Waals surface area contributed by atoms with Gasteiger partial charge in [-0.05, 0) is 49.9 Å². The van der Waals surface area contributed by atoms with Crippen LogP contribution in [-0.2, 0) is 4.79 Å². The Morgan fingerprint density at radius 2 is 2.19 bits per heavy atom. The number of hydrogen-bond donors (Lipinski definition) is 1. The number of amides is 1. The number of thioether (sulfide) groups is 1. The quantitative estimate of drug-likeness (QED) is 0.397. The summed E-state index contributed by atoms with van der Waals surface area (Å²) in [5.41, 5.74) is 4.04. The zero-order valence-corrected chi connectivity index (χ0v) is 16.7. The molecule has 0 radical (unpaired) electrons. The van der Waals surface area contributed by atoms with Crippen LogP contribution in [0, 0.1) is 25.2 Å². The maximum Gasteiger partial charge on any atom is 0.268 e. The lowest BCUT2D eigenvalue weighted by Gasteiger charge is -2.11. The van der Waals surface area contributed by atoms with E-state index in [2.05, 4.69) is 20.7 Å². The number of rotatable bonds is 5. The van der Waals surface area contributed by atoms with Gasteiger partial charge in [0.25, 0.3) is 5.91 Å². The Labute approximate surface area is 165 Å². The number of benzene rings is 1. The first-order valence-electron chi connectivity index (χ1n) is 8.07. The Morgan fingerprint density at radius 3 is 2.85 bits per heavy atom. The lowest BCUT2D eigenvalue weighted by molar-refractivity contribution is -0.112. The fraction of sp³-hybridized carbons (Fsp3) is 0.158. The molecule has 0 aliphatic carbocycles. The van der Waals surface area contributed by atoms with Crippen molar-refractivity contribution in [1.82, 2.24) is 13.9 Å². The Bertz CT molecular complexity index is 1060. The van der Waals surface area contributed by atoms with Crippen molar-refractivity contribution >= 4 is 40.4 Å². The summed E-state index contributed by atoms with van der Waals surface area (Å²) < 4.78 is 6.05. The molecule has 0 aliphatic rings. The normalized spacial score (nSPS) is 11.3. The van der Waals surface area contributed by atoms with Crippen molar-refractivity contribution in [2.45, 2.75) is 19.0 Å². The van der Waals surface area contributed by atoms with Gasteiger partial charge in [-0.25, -0.2) is 0 Å². The minimum absolute atomic E-state index is 0.000571. The van der Waals surface area contributed by atoms with Gasteiger partial charge in [0.05, 0.1) is 0 Å². The number of nitrogens with one attached hydrogen (secondary N) is 1. The summed E-state index contributed by atoms with van der Waals surface area (Å²) in [6.07, 6.45) is 5.34. The van der Waals surface area contributed by atoms with E-state index in [1.807, 2.05) is 61.2 Å². The molecular formula is C19H17N5OS2. The highest BCUT2D eigenvalue weighted by atomic mass is 32.2. The van der Waals surface area contributed by atoms with Crippen LogP contribution in [0.2, 0.25) is 0 Å². The van der Waals surface area contributed by atoms with Crippen molar-refractivity contribution in [3.05, 3.63) is 58.9 Å². The van der Waals surface area contributed by atoms with Gasteiger partial charge in [-0.2, -0.15) is 14.6 Å². The molecule has 2 aromatic heterocycles. The first kappa shape index (κ1) is 18.9. The Morgan fingerprint density at radius 1 is 1.37 bits per heavy atom. The number of nitrogens with zero attached hydrogens (tertiary/aromatic N) is 4. The van der Waals surface area contributed by atoms with Crippen LogP contribution in [0.5, 0.6) is 0 Å². The van der Waals surface area contributed by atoms with Gasteiger partial charge >= 0.3 is 0 Å². The number of hydrogen-bond acceptors (Lipinski definition) is 6. The van der Waals surface area contributed by atoms with Crippen molar-refractivity contribution in [2.75, 3.05) is 11.6 Å². The first-order chi connectivity index (χ1) is 13.0. The molecule has 0 saturated carbocycles. The summed E-state index contributed by atoms with van der Waals surface area (Å²) in [7, 11) is 0. The molecule has 1 N–H and O–H groups in total. The van der Waals surface area contributed by atoms with Crippen LogP contribution in [-0.4, -0.2) is 26.1 Å². The Kier molecular flexibility index (Phi) is 5.74. The van der Waals surface area contributed by atoms with Crippen LogP contribution in [0.1, 0.15) is 16.8 Å². The van der Waals surface area contributed by atoms with E-state index in [-0.39, 0.29) is 5.57 Å². The molecule has 1 aromatic carbocycles. The predicted molar refractivity (Wildman–Crippen MR) is 109 cm³/mol. The van der Waals surface area contributed by atoms with E-state index >= 15 is 0 Å². The number of anilines is 1. The fourth-order valence-electron chi connectivity index (χ4n) is 2.61. The summed E-state index contributed by atoms with van der Waals surface area (Å²) in [6.45, 7) is 4.08. The molecule has 0 unspecified atom stereocenters. The number of nitriles is 1. The van der Waals surface area contributed by atoms with Gasteiger partial charge in [0, 0.05) is 29.1 Å². The van der Waals surface area contributed by atoms with Crippen LogP contribution < -0.4 is 5.32 Å². The monoisotopic (exact) mass is 395 g/mol. The van der Waals surface area contributed by atoms with Crippen LogP contribution in [0.3, 0.4) is 0 Å². The molecule has 6 nitrogen and oxygen atoms in total. The molecule has 136 valence electrons. The van der Waals surface area contributed by atoms with Crippen LogP contribution in [0.4, 0.5) is 5.13 Å². The molecule has 0 aliphatic heterocycles. The van der Waals surface area contributed by atoms with Crippen molar-refractivity contribution in [3.8, 4) is 11.8 Å². The molecule has 3 aromatic rings. The van der Waals surface area contributed by atoms with Gasteiger partial charge < -0.3 is 4.57 Å². The van der Waals surface area contributed by atoms with Crippen LogP contribution in [0.15, 0.2) is 47.3 Å². The third kappa shape index (κ3) is 4.27. The molecule has 2 heterocycles. The van der Waals surface area contributed by atoms with Gasteiger partial charge in [-0.3, -0.25) is 10.1 Å². The largest absolute Gasteiger partial charge is 0.317 e. The molecule has 3 rings (SSSR count). The molecule has 1 amide bonds. The maximum absolute atomic E-state index is 12.4. The lowest BCUT2D eigenvalue weighted by Crippen LogP contribution is -2.13. The topological polar surface area (TPSA) is 83.6 Å². The van der Waals surface area contributed by atoms with Crippen molar-refractivity contribution < 1.29 is 4.79 Å². The molecule has 0 saturated heterocycles. The summed E-state index contributed by atoms with van der Waals surface area (Å²) >= 11 is 2.48. The van der Waals surface area contributed by atoms with E-state index in [0.717, 1.165) is 28.5 Å². The Hall–Kier alpha value is -2.89. The maximum atomic E-state index is 12.4. The molecule has 0 bridgehead atoms. The predicted octanol–water partition coefficient (Wildman–Crippen LogP) is 4.21. The third-order valence-corrected chi connectivity index (χ3v) is 5.15. The second-order valence-corrected chi connectivity index (χ2v) is 7.33. The molecule has 0 atom stereocenters. The second-order valence-electron chi connectivity index (χ2n) is 5.80. The summed E-state index contributed by atoms with van der Waals surface area (Å²) in [5, 5.41) is 13.0. The molecular weight excluding hydrogens is 378 g/mol. The highest BCUT2D eigenvalue weighted by molar-refractivity contribution is 7.98. The summed E-state index contributed by atoms with van der Waals surface area (Å²) in [6, 6.07) is 11.9. The van der Waals surface area contributed by atoms with E-state index in [9.17, 15) is 10.1 Å². The van der Waals surface area contributed by atoms with Crippen molar-refractivity contribution in [1.29, 1.82) is 5.26 Å². The number of carbonyl (C=O) groups excluding carboxylic acids is 1. The van der Waals surface area contributed by atoms with E-state index in [1.165, 1.54) is 17.3 Å². The molecule has 8 heteroatoms. The molecule has 27 heavy (non-hydrogen) atoms. The Balaban J connectivity index is 1.89. The van der Waals surface area contributed by atoms with Crippen molar-refractivity contribution in [3.63, 3.8) is 0 Å². The second kappa shape index (κ2) is 8.20. The third-order valence-electron chi connectivity index (χ3n) is 3.86. The minimum Gasteiger partial charge on any atom is -0.317 e. The average molecular weight is 396 g/mol. The van der Waals surface area contributed by atoms with E-state index < -0.39 is 5.91 Å². The lowest BCUT2D eigenvalue weighted by atomic mass is 10.1. The molecule has 0 spiro atoms. The minimum atomic E-state index is -0.505. The first-order valence-corrected chi connectivity index (χ1v) is 10.1. The van der Waals surface area contributed by atoms with Gasteiger partial charge in [0.2, 0.25) is 10.3 Å². The zero-order chi connectivity index (χ0) is 19.4. The number of carbonyl (C=O) groups is 1. The van der Waals surface area contributed by atoms with Crippen molar-refractivity contribution in [2.24, 2.45) is 0 Å². The van der Waals surface area contributed by atoms with Gasteiger partial charge in [-0.1, -0.05) is 29.5 Å². The SMILES string of the molecule is CSc1nsc(NC(=O)C(C#N)=Cc2cccn2-c2ccc(C)cc2C)n1. The zero-order valence-electron chi connectivity index (χ0n) is 15.1. The highest BCUT2D eigenvalue weighted by Crippen LogP contribution is 2.21. The van der Waals surface area contributed by atoms with Gasteiger partial charge in [0.1, 0.15) is 11.6 Å². The fourth-order valence-corrected chi connectivity index (χ4v) is 3.73. The number of aromatic nitrogens is 3. The standard InChI is InChI=1S/C19H17N5OS2/c1-12-6-7-16(13(2)9-12)24-8-4-5-15(24)10-14(11-20)17(25)21-18-22-19(26-3)23-27-18/h4-10H,1-3H3,(H,21,22,23,25). The number of aryl methyl sites for hydroxylation is 2. The van der Waals surface area contributed by atoms with E-state index in [1.54, 1.807) is 6.08 Å². The summed E-state index contributed by atoms with van der Waals surface area (Å²) in [4.78, 5) is 16.6. The van der Waals surface area contributed by atoms with Gasteiger partial charge in [-0.15, -0.1) is 0 Å². The summed E-state index contributed by atoms with van der Waals surface area (Å²) in [5.74, 6) is -0.505. The average Bonchev–Trinajstić information content (AvgIpc) is 3.28. The molecule has 0 fully saturated rings.